The molecule has 0 saturated heterocycles. The van der Waals surface area contributed by atoms with Gasteiger partial charge in [-0.2, -0.15) is 5.10 Å². The van der Waals surface area contributed by atoms with Crippen LogP contribution in [0, 0.1) is 12.7 Å². The smallest absolute Gasteiger partial charge is 0.123 e. The van der Waals surface area contributed by atoms with Crippen LogP contribution < -0.4 is 0 Å². The minimum absolute atomic E-state index is 0.00747. The van der Waals surface area contributed by atoms with Crippen LogP contribution in [0.1, 0.15) is 35.4 Å². The summed E-state index contributed by atoms with van der Waals surface area (Å²) in [6, 6.07) is 4.81. The number of aromatic nitrogens is 2. The average molecular weight is 267 g/mol. The summed E-state index contributed by atoms with van der Waals surface area (Å²) < 4.78 is 14.8. The maximum atomic E-state index is 13.0. The maximum Gasteiger partial charge on any atom is 0.123 e. The highest BCUT2D eigenvalue weighted by Gasteiger charge is 2.08. The molecule has 1 aromatic carbocycles. The van der Waals surface area contributed by atoms with E-state index in [9.17, 15) is 4.39 Å². The summed E-state index contributed by atoms with van der Waals surface area (Å²) in [7, 11) is 0. The lowest BCUT2D eigenvalue weighted by Crippen LogP contribution is -2.02. The summed E-state index contributed by atoms with van der Waals surface area (Å²) in [5.74, 6) is -0.204. The molecule has 0 aliphatic rings. The van der Waals surface area contributed by atoms with E-state index < -0.39 is 0 Å². The first-order chi connectivity index (χ1) is 8.60. The summed E-state index contributed by atoms with van der Waals surface area (Å²) in [4.78, 5) is 0. The van der Waals surface area contributed by atoms with Gasteiger partial charge in [-0.15, -0.1) is 11.6 Å². The van der Waals surface area contributed by atoms with Gasteiger partial charge >= 0.3 is 0 Å². The van der Waals surface area contributed by atoms with E-state index in [1.54, 1.807) is 12.3 Å². The molecule has 0 aliphatic carbocycles. The molecule has 1 atom stereocenters. The van der Waals surface area contributed by atoms with Gasteiger partial charge in [-0.1, -0.05) is 13.0 Å². The highest BCUT2D eigenvalue weighted by atomic mass is 35.5. The molecule has 96 valence electrons. The molecule has 18 heavy (non-hydrogen) atoms. The summed E-state index contributed by atoms with van der Waals surface area (Å²) in [6.07, 6.45) is 4.62. The van der Waals surface area contributed by atoms with Crippen molar-refractivity contribution in [2.75, 3.05) is 0 Å². The highest BCUT2D eigenvalue weighted by molar-refractivity contribution is 6.20. The summed E-state index contributed by atoms with van der Waals surface area (Å²) in [6.45, 7) is 4.58. The fraction of sp³-hybridized carbons (Fsp3) is 0.357. The minimum Gasteiger partial charge on any atom is -0.268 e. The third kappa shape index (κ3) is 2.91. The SMILES string of the molecule is CCC(Cl)c1cnn(Cc2ccc(F)cc2C)c1. The molecule has 2 rings (SSSR count). The molecule has 0 saturated carbocycles. The van der Waals surface area contributed by atoms with Crippen molar-refractivity contribution in [3.05, 3.63) is 53.1 Å². The first-order valence-electron chi connectivity index (χ1n) is 6.01. The molecule has 0 fully saturated rings. The third-order valence-electron chi connectivity index (χ3n) is 3.01. The Bertz CT molecular complexity index is 536. The minimum atomic E-state index is -0.204. The van der Waals surface area contributed by atoms with Crippen molar-refractivity contribution in [3.63, 3.8) is 0 Å². The molecule has 1 heterocycles. The van der Waals surface area contributed by atoms with E-state index in [1.807, 2.05) is 24.7 Å². The molecule has 1 unspecified atom stereocenters. The molecule has 0 aliphatic heterocycles. The first-order valence-corrected chi connectivity index (χ1v) is 6.45. The lowest BCUT2D eigenvalue weighted by molar-refractivity contribution is 0.622. The topological polar surface area (TPSA) is 17.8 Å². The summed E-state index contributed by atoms with van der Waals surface area (Å²) >= 11 is 6.16. The Morgan fingerprint density at radius 3 is 2.89 bits per heavy atom. The number of benzene rings is 1. The van der Waals surface area contributed by atoms with Gasteiger partial charge < -0.3 is 0 Å². The molecule has 0 spiro atoms. The van der Waals surface area contributed by atoms with Crippen LogP contribution in [0.3, 0.4) is 0 Å². The van der Waals surface area contributed by atoms with Crippen molar-refractivity contribution < 1.29 is 4.39 Å². The maximum absolute atomic E-state index is 13.0. The van der Waals surface area contributed by atoms with Crippen molar-refractivity contribution in [2.24, 2.45) is 0 Å². The number of rotatable bonds is 4. The van der Waals surface area contributed by atoms with Crippen molar-refractivity contribution in [1.29, 1.82) is 0 Å². The van der Waals surface area contributed by atoms with E-state index in [0.29, 0.717) is 6.54 Å². The molecule has 1 aromatic heterocycles. The van der Waals surface area contributed by atoms with Crippen molar-refractivity contribution in [3.8, 4) is 0 Å². The Labute approximate surface area is 111 Å². The Balaban J connectivity index is 2.16. The summed E-state index contributed by atoms with van der Waals surface area (Å²) in [5, 5.41) is 4.29. The molecular formula is C14H16ClFN2. The average Bonchev–Trinajstić information content (AvgIpc) is 2.80. The van der Waals surface area contributed by atoms with Gasteiger partial charge in [0.15, 0.2) is 0 Å². The zero-order valence-corrected chi connectivity index (χ0v) is 11.3. The fourth-order valence-corrected chi connectivity index (χ4v) is 1.99. The van der Waals surface area contributed by atoms with Gasteiger partial charge in [0.1, 0.15) is 5.82 Å². The molecule has 2 aromatic rings. The van der Waals surface area contributed by atoms with Crippen molar-refractivity contribution in [2.45, 2.75) is 32.2 Å². The molecule has 0 N–H and O–H groups in total. The molecule has 0 radical (unpaired) electrons. The van der Waals surface area contributed by atoms with E-state index in [1.165, 1.54) is 12.1 Å². The first kappa shape index (κ1) is 13.1. The molecule has 0 bridgehead atoms. The molecule has 4 heteroatoms. The van der Waals surface area contributed by atoms with E-state index >= 15 is 0 Å². The van der Waals surface area contributed by atoms with Crippen LogP contribution >= 0.6 is 11.6 Å². The highest BCUT2D eigenvalue weighted by Crippen LogP contribution is 2.23. The van der Waals surface area contributed by atoms with Crippen molar-refractivity contribution >= 4 is 11.6 Å². The van der Waals surface area contributed by atoms with E-state index in [0.717, 1.165) is 23.1 Å². The van der Waals surface area contributed by atoms with Crippen LogP contribution in [0.5, 0.6) is 0 Å². The second kappa shape index (κ2) is 5.53. The molecule has 2 nitrogen and oxygen atoms in total. The second-order valence-corrected chi connectivity index (χ2v) is 4.94. The van der Waals surface area contributed by atoms with Gasteiger partial charge in [0.05, 0.1) is 18.1 Å². The Morgan fingerprint density at radius 1 is 1.44 bits per heavy atom. The molecular weight excluding hydrogens is 251 g/mol. The number of aryl methyl sites for hydroxylation is 1. The fourth-order valence-electron chi connectivity index (χ4n) is 1.87. The number of alkyl halides is 1. The van der Waals surface area contributed by atoms with E-state index in [-0.39, 0.29) is 11.2 Å². The van der Waals surface area contributed by atoms with Crippen LogP contribution in [0.15, 0.2) is 30.6 Å². The van der Waals surface area contributed by atoms with Crippen LogP contribution in [-0.4, -0.2) is 9.78 Å². The third-order valence-corrected chi connectivity index (χ3v) is 3.57. The van der Waals surface area contributed by atoms with Gasteiger partial charge in [-0.05, 0) is 36.6 Å². The predicted molar refractivity (Wildman–Crippen MR) is 71.4 cm³/mol. The number of halogens is 2. The van der Waals surface area contributed by atoms with E-state index in [4.69, 9.17) is 11.6 Å². The predicted octanol–water partition coefficient (Wildman–Crippen LogP) is 4.07. The van der Waals surface area contributed by atoms with Gasteiger partial charge in [-0.25, -0.2) is 4.39 Å². The lowest BCUT2D eigenvalue weighted by atomic mass is 10.1. The van der Waals surface area contributed by atoms with Gasteiger partial charge in [-0.3, -0.25) is 4.68 Å². The quantitative estimate of drug-likeness (QED) is 0.763. The van der Waals surface area contributed by atoms with Gasteiger partial charge in [0.2, 0.25) is 0 Å². The standard InChI is InChI=1S/C14H16ClFN2/c1-3-14(15)12-7-17-18(9-12)8-11-4-5-13(16)6-10(11)2/h4-7,9,14H,3,8H2,1-2H3. The largest absolute Gasteiger partial charge is 0.268 e. The van der Waals surface area contributed by atoms with Crippen LogP contribution in [0.2, 0.25) is 0 Å². The van der Waals surface area contributed by atoms with Crippen LogP contribution in [0.4, 0.5) is 4.39 Å². The van der Waals surface area contributed by atoms with Gasteiger partial charge in [0, 0.05) is 11.8 Å². The zero-order chi connectivity index (χ0) is 13.1. The summed E-state index contributed by atoms with van der Waals surface area (Å²) in [5.41, 5.74) is 3.03. The monoisotopic (exact) mass is 266 g/mol. The van der Waals surface area contributed by atoms with Crippen LogP contribution in [0.25, 0.3) is 0 Å². The number of nitrogens with zero attached hydrogens (tertiary/aromatic N) is 2. The van der Waals surface area contributed by atoms with Crippen LogP contribution in [-0.2, 0) is 6.54 Å². The Hall–Kier alpha value is -1.35. The van der Waals surface area contributed by atoms with E-state index in [2.05, 4.69) is 5.10 Å². The Kier molecular flexibility index (Phi) is 4.02. The van der Waals surface area contributed by atoms with Gasteiger partial charge in [0.25, 0.3) is 0 Å². The number of hydrogen-bond acceptors (Lipinski definition) is 1. The van der Waals surface area contributed by atoms with Crippen molar-refractivity contribution in [1.82, 2.24) is 9.78 Å². The molecule has 0 amide bonds. The Morgan fingerprint density at radius 2 is 2.22 bits per heavy atom. The zero-order valence-electron chi connectivity index (χ0n) is 10.5. The second-order valence-electron chi connectivity index (χ2n) is 4.42. The normalized spacial score (nSPS) is 12.7. The lowest BCUT2D eigenvalue weighted by Gasteiger charge is -2.06. The number of hydrogen-bond donors (Lipinski definition) is 0.